The highest BCUT2D eigenvalue weighted by Gasteiger charge is 2.09. The highest BCUT2D eigenvalue weighted by molar-refractivity contribution is 9.10. The summed E-state index contributed by atoms with van der Waals surface area (Å²) in [6.07, 6.45) is 0. The number of nitrogens with one attached hydrogen (secondary N) is 1. The summed E-state index contributed by atoms with van der Waals surface area (Å²) >= 11 is 3.01. The first kappa shape index (κ1) is 9.97. The summed E-state index contributed by atoms with van der Waals surface area (Å²) in [5.41, 5.74) is -0.445. The fourth-order valence-electron chi connectivity index (χ4n) is 0.771. The van der Waals surface area contributed by atoms with Crippen LogP contribution >= 0.6 is 15.9 Å². The Hall–Kier alpha value is -1.11. The van der Waals surface area contributed by atoms with Crippen LogP contribution in [0.15, 0.2) is 9.53 Å². The van der Waals surface area contributed by atoms with Crippen LogP contribution in [0.2, 0.25) is 0 Å². The molecule has 1 N–H and O–H groups in total. The second kappa shape index (κ2) is 4.22. The van der Waals surface area contributed by atoms with Crippen LogP contribution in [0, 0.1) is 0 Å². The molecule has 72 valence electrons. The van der Waals surface area contributed by atoms with Crippen molar-refractivity contribution >= 4 is 21.9 Å². The first-order valence-electron chi connectivity index (χ1n) is 3.61. The lowest BCUT2D eigenvalue weighted by Crippen LogP contribution is -2.23. The Morgan fingerprint density at radius 3 is 2.92 bits per heavy atom. The summed E-state index contributed by atoms with van der Waals surface area (Å²) in [6, 6.07) is 0. The first-order chi connectivity index (χ1) is 6.15. The van der Waals surface area contributed by atoms with Crippen molar-refractivity contribution in [3.63, 3.8) is 0 Å². The third-order valence-electron chi connectivity index (χ3n) is 1.30. The molecule has 1 rings (SSSR count). The lowest BCUT2D eigenvalue weighted by Gasteiger charge is -2.01. The van der Waals surface area contributed by atoms with Gasteiger partial charge in [0.25, 0.3) is 0 Å². The standard InChI is InChI=1S/C6H8BrN3O3/c1-2-13-4(11)3-10-5(7)8-9-6(10)12/h2-3H2,1H3,(H,9,12). The number of esters is 1. The van der Waals surface area contributed by atoms with Gasteiger partial charge in [0.15, 0.2) is 0 Å². The molecule has 0 aliphatic rings. The second-order valence-electron chi connectivity index (χ2n) is 2.19. The Morgan fingerprint density at radius 1 is 1.77 bits per heavy atom. The van der Waals surface area contributed by atoms with Crippen molar-refractivity contribution in [2.45, 2.75) is 13.5 Å². The van der Waals surface area contributed by atoms with E-state index in [0.29, 0.717) is 6.61 Å². The normalized spacial score (nSPS) is 10.0. The number of carbonyl (C=O) groups is 1. The first-order valence-corrected chi connectivity index (χ1v) is 4.40. The number of nitrogens with zero attached hydrogens (tertiary/aromatic N) is 2. The van der Waals surface area contributed by atoms with Crippen LogP contribution in [-0.2, 0) is 16.1 Å². The van der Waals surface area contributed by atoms with E-state index in [9.17, 15) is 9.59 Å². The zero-order chi connectivity index (χ0) is 9.84. The molecule has 0 aromatic carbocycles. The summed E-state index contributed by atoms with van der Waals surface area (Å²) in [5.74, 6) is -0.466. The van der Waals surface area contributed by atoms with Gasteiger partial charge in [-0.05, 0) is 22.9 Å². The molecule has 6 nitrogen and oxygen atoms in total. The van der Waals surface area contributed by atoms with Gasteiger partial charge in [-0.15, -0.1) is 5.10 Å². The summed E-state index contributed by atoms with van der Waals surface area (Å²) < 4.78 is 6.08. The summed E-state index contributed by atoms with van der Waals surface area (Å²) in [4.78, 5) is 22.0. The number of H-pyrrole nitrogens is 1. The number of aromatic nitrogens is 3. The molecule has 0 saturated carbocycles. The maximum atomic E-state index is 11.0. The molecule has 0 fully saturated rings. The fraction of sp³-hybridized carbons (Fsp3) is 0.500. The maximum absolute atomic E-state index is 11.0. The summed E-state index contributed by atoms with van der Waals surface area (Å²) in [7, 11) is 0. The van der Waals surface area contributed by atoms with Crippen LogP contribution in [0.1, 0.15) is 6.92 Å². The topological polar surface area (TPSA) is 77.0 Å². The van der Waals surface area contributed by atoms with Gasteiger partial charge < -0.3 is 4.74 Å². The van der Waals surface area contributed by atoms with Gasteiger partial charge in [-0.3, -0.25) is 9.36 Å². The van der Waals surface area contributed by atoms with Gasteiger partial charge in [-0.25, -0.2) is 9.89 Å². The molecule has 0 atom stereocenters. The fourth-order valence-corrected chi connectivity index (χ4v) is 1.15. The van der Waals surface area contributed by atoms with Gasteiger partial charge in [-0.1, -0.05) is 0 Å². The lowest BCUT2D eigenvalue weighted by molar-refractivity contribution is -0.143. The van der Waals surface area contributed by atoms with Crippen LogP contribution in [0.4, 0.5) is 0 Å². The smallest absolute Gasteiger partial charge is 0.344 e. The van der Waals surface area contributed by atoms with E-state index in [4.69, 9.17) is 0 Å². The number of hydrogen-bond donors (Lipinski definition) is 1. The van der Waals surface area contributed by atoms with Crippen molar-refractivity contribution in [1.82, 2.24) is 14.8 Å². The molecule has 13 heavy (non-hydrogen) atoms. The number of hydrogen-bond acceptors (Lipinski definition) is 4. The average molecular weight is 250 g/mol. The number of halogens is 1. The molecule has 0 aliphatic carbocycles. The highest BCUT2D eigenvalue weighted by atomic mass is 79.9. The third-order valence-corrected chi connectivity index (χ3v) is 1.91. The Balaban J connectivity index is 2.74. The van der Waals surface area contributed by atoms with Crippen LogP contribution in [-0.4, -0.2) is 27.3 Å². The van der Waals surface area contributed by atoms with Crippen molar-refractivity contribution < 1.29 is 9.53 Å². The number of carbonyl (C=O) groups excluding carboxylic acids is 1. The lowest BCUT2D eigenvalue weighted by atomic mass is 10.6. The van der Waals surface area contributed by atoms with Crippen molar-refractivity contribution in [1.29, 1.82) is 0 Å². The zero-order valence-electron chi connectivity index (χ0n) is 6.91. The molecule has 7 heteroatoms. The minimum absolute atomic E-state index is 0.135. The average Bonchev–Trinajstić information content (AvgIpc) is 2.36. The highest BCUT2D eigenvalue weighted by Crippen LogP contribution is 2.00. The Labute approximate surface area is 82.0 Å². The zero-order valence-corrected chi connectivity index (χ0v) is 8.50. The molecular formula is C6H8BrN3O3. The molecule has 1 aromatic heterocycles. The van der Waals surface area contributed by atoms with Crippen LogP contribution in [0.3, 0.4) is 0 Å². The third kappa shape index (κ3) is 2.41. The van der Waals surface area contributed by atoms with Crippen LogP contribution in [0.5, 0.6) is 0 Å². The molecule has 0 saturated heterocycles. The molecule has 0 unspecified atom stereocenters. The van der Waals surface area contributed by atoms with Crippen molar-refractivity contribution in [2.24, 2.45) is 0 Å². The Kier molecular flexibility index (Phi) is 3.24. The number of rotatable bonds is 3. The quantitative estimate of drug-likeness (QED) is 0.759. The second-order valence-corrected chi connectivity index (χ2v) is 2.90. The Bertz CT molecular complexity index is 356. The van der Waals surface area contributed by atoms with Crippen LogP contribution in [0.25, 0.3) is 0 Å². The predicted octanol–water partition coefficient (Wildman–Crippen LogP) is -0.103. The minimum atomic E-state index is -0.466. The summed E-state index contributed by atoms with van der Waals surface area (Å²) in [6.45, 7) is 1.86. The molecular weight excluding hydrogens is 242 g/mol. The predicted molar refractivity (Wildman–Crippen MR) is 47.2 cm³/mol. The molecule has 1 heterocycles. The van der Waals surface area contributed by atoms with Gasteiger partial charge >= 0.3 is 11.7 Å². The largest absolute Gasteiger partial charge is 0.465 e. The van der Waals surface area contributed by atoms with Gasteiger partial charge in [0.1, 0.15) is 6.54 Å². The van der Waals surface area contributed by atoms with E-state index in [-0.39, 0.29) is 11.3 Å². The minimum Gasteiger partial charge on any atom is -0.465 e. The monoisotopic (exact) mass is 249 g/mol. The SMILES string of the molecule is CCOC(=O)Cn1c(Br)n[nH]c1=O. The van der Waals surface area contributed by atoms with E-state index in [1.54, 1.807) is 6.92 Å². The van der Waals surface area contributed by atoms with E-state index in [2.05, 4.69) is 30.9 Å². The molecule has 0 amide bonds. The molecule has 1 aromatic rings. The molecule has 0 bridgehead atoms. The summed E-state index contributed by atoms with van der Waals surface area (Å²) in [5, 5.41) is 5.75. The maximum Gasteiger partial charge on any atom is 0.344 e. The van der Waals surface area contributed by atoms with E-state index in [0.717, 1.165) is 4.57 Å². The van der Waals surface area contributed by atoms with Crippen molar-refractivity contribution in [2.75, 3.05) is 6.61 Å². The van der Waals surface area contributed by atoms with Gasteiger partial charge in [0, 0.05) is 0 Å². The van der Waals surface area contributed by atoms with Gasteiger partial charge in [0.2, 0.25) is 4.73 Å². The van der Waals surface area contributed by atoms with Gasteiger partial charge in [-0.2, -0.15) is 0 Å². The van der Waals surface area contributed by atoms with Crippen molar-refractivity contribution in [3.8, 4) is 0 Å². The van der Waals surface area contributed by atoms with E-state index in [1.807, 2.05) is 0 Å². The molecule has 0 radical (unpaired) electrons. The van der Waals surface area contributed by atoms with E-state index in [1.165, 1.54) is 0 Å². The molecule has 0 spiro atoms. The van der Waals surface area contributed by atoms with Crippen LogP contribution < -0.4 is 5.69 Å². The van der Waals surface area contributed by atoms with Crippen molar-refractivity contribution in [3.05, 3.63) is 15.2 Å². The van der Waals surface area contributed by atoms with E-state index < -0.39 is 11.7 Å². The van der Waals surface area contributed by atoms with E-state index >= 15 is 0 Å². The number of aromatic amines is 1. The Morgan fingerprint density at radius 2 is 2.46 bits per heavy atom. The molecule has 0 aliphatic heterocycles. The van der Waals surface area contributed by atoms with Gasteiger partial charge in [0.05, 0.1) is 6.61 Å². The number of ether oxygens (including phenoxy) is 1.